The number of piperidine rings is 1. The quantitative estimate of drug-likeness (QED) is 0.728. The first-order valence-electron chi connectivity index (χ1n) is 8.21. The van der Waals surface area contributed by atoms with E-state index in [1.165, 1.54) is 0 Å². The Morgan fingerprint density at radius 3 is 2.73 bits per heavy atom. The van der Waals surface area contributed by atoms with Crippen LogP contribution in [0.5, 0.6) is 0 Å². The predicted molar refractivity (Wildman–Crippen MR) is 80.0 cm³/mol. The molecule has 3 saturated heterocycles. The van der Waals surface area contributed by atoms with Crippen molar-refractivity contribution in [1.82, 2.24) is 20.0 Å². The number of hydrogen-bond acceptors (Lipinski definition) is 4. The zero-order valence-corrected chi connectivity index (χ0v) is 12.9. The van der Waals surface area contributed by atoms with E-state index < -0.39 is 0 Å². The maximum atomic E-state index is 12.4. The van der Waals surface area contributed by atoms with Gasteiger partial charge in [-0.25, -0.2) is 0 Å². The van der Waals surface area contributed by atoms with Gasteiger partial charge in [0.2, 0.25) is 17.7 Å². The van der Waals surface area contributed by atoms with E-state index in [1.807, 2.05) is 9.80 Å². The van der Waals surface area contributed by atoms with Crippen LogP contribution in [0.2, 0.25) is 0 Å². The number of carbonyl (C=O) groups excluding carboxylic acids is 3. The number of piperazine rings is 1. The third-order valence-electron chi connectivity index (χ3n) is 4.81. The highest BCUT2D eigenvalue weighted by molar-refractivity contribution is 5.86. The van der Waals surface area contributed by atoms with Gasteiger partial charge in [0.15, 0.2) is 0 Å². The van der Waals surface area contributed by atoms with E-state index in [0.29, 0.717) is 26.1 Å². The van der Waals surface area contributed by atoms with Gasteiger partial charge in [-0.3, -0.25) is 14.4 Å². The number of nitrogens with zero attached hydrogens (tertiary/aromatic N) is 3. The first-order chi connectivity index (χ1) is 10.6. The summed E-state index contributed by atoms with van der Waals surface area (Å²) in [5.41, 5.74) is 0. The molecule has 3 fully saturated rings. The van der Waals surface area contributed by atoms with Crippen molar-refractivity contribution in [3.05, 3.63) is 0 Å². The summed E-state index contributed by atoms with van der Waals surface area (Å²) in [5.74, 6) is 0.224. The van der Waals surface area contributed by atoms with Crippen LogP contribution in [-0.4, -0.2) is 84.3 Å². The van der Waals surface area contributed by atoms with Crippen LogP contribution in [0.4, 0.5) is 0 Å². The van der Waals surface area contributed by atoms with Crippen molar-refractivity contribution in [2.24, 2.45) is 0 Å². The zero-order chi connectivity index (χ0) is 15.5. The third-order valence-corrected chi connectivity index (χ3v) is 4.81. The lowest BCUT2D eigenvalue weighted by Gasteiger charge is -2.41. The molecule has 22 heavy (non-hydrogen) atoms. The molecular formula is C15H24N4O3. The normalized spacial score (nSPS) is 26.7. The van der Waals surface area contributed by atoms with Gasteiger partial charge in [0.05, 0.1) is 13.1 Å². The number of hydrogen-bond donors (Lipinski definition) is 1. The number of amides is 3. The average Bonchev–Trinajstić information content (AvgIpc) is 2.93. The lowest BCUT2D eigenvalue weighted by atomic mass is 10.0. The van der Waals surface area contributed by atoms with Crippen molar-refractivity contribution in [1.29, 1.82) is 0 Å². The minimum absolute atomic E-state index is 0.0162. The molecule has 122 valence electrons. The Hall–Kier alpha value is -1.63. The summed E-state index contributed by atoms with van der Waals surface area (Å²) in [7, 11) is 0. The fourth-order valence-electron chi connectivity index (χ4n) is 3.58. The molecule has 0 bridgehead atoms. The molecule has 0 saturated carbocycles. The van der Waals surface area contributed by atoms with Gasteiger partial charge in [-0.15, -0.1) is 0 Å². The Balaban J connectivity index is 1.56. The van der Waals surface area contributed by atoms with Crippen LogP contribution in [0, 0.1) is 0 Å². The van der Waals surface area contributed by atoms with Crippen LogP contribution >= 0.6 is 0 Å². The highest BCUT2D eigenvalue weighted by Gasteiger charge is 2.32. The zero-order valence-electron chi connectivity index (χ0n) is 12.9. The van der Waals surface area contributed by atoms with E-state index in [-0.39, 0.29) is 30.3 Å². The standard InChI is InChI=1S/C15H24N4O3/c20-13-4-2-7-18(13)11-15(22)17-6-1-3-12(10-17)19-8-5-16-9-14(19)21/h12,16H,1-11H2/t12-/m1/s1. The molecule has 1 N–H and O–H groups in total. The maximum absolute atomic E-state index is 12.4. The summed E-state index contributed by atoms with van der Waals surface area (Å²) in [6.07, 6.45) is 3.29. The molecule has 7 nitrogen and oxygen atoms in total. The van der Waals surface area contributed by atoms with Crippen molar-refractivity contribution in [3.63, 3.8) is 0 Å². The van der Waals surface area contributed by atoms with Gasteiger partial charge in [0.1, 0.15) is 0 Å². The van der Waals surface area contributed by atoms with Gasteiger partial charge in [-0.2, -0.15) is 0 Å². The Kier molecular flexibility index (Phi) is 4.61. The number of nitrogens with one attached hydrogen (secondary N) is 1. The molecule has 1 atom stereocenters. The van der Waals surface area contributed by atoms with Crippen molar-refractivity contribution in [2.75, 3.05) is 45.8 Å². The second-order valence-electron chi connectivity index (χ2n) is 6.32. The molecule has 3 amide bonds. The Morgan fingerprint density at radius 1 is 1.14 bits per heavy atom. The number of rotatable bonds is 3. The molecular weight excluding hydrogens is 284 g/mol. The second-order valence-corrected chi connectivity index (χ2v) is 6.32. The fraction of sp³-hybridized carbons (Fsp3) is 0.800. The van der Waals surface area contributed by atoms with Crippen molar-refractivity contribution >= 4 is 17.7 Å². The monoisotopic (exact) mass is 308 g/mol. The first-order valence-corrected chi connectivity index (χ1v) is 8.21. The van der Waals surface area contributed by atoms with Crippen LogP contribution in [0.1, 0.15) is 25.7 Å². The highest BCUT2D eigenvalue weighted by atomic mass is 16.2. The van der Waals surface area contributed by atoms with Gasteiger partial charge in [-0.05, 0) is 19.3 Å². The molecule has 3 rings (SSSR count). The predicted octanol–water partition coefficient (Wildman–Crippen LogP) is -0.968. The molecule has 0 aromatic carbocycles. The first kappa shape index (κ1) is 15.3. The van der Waals surface area contributed by atoms with Crippen LogP contribution in [0.15, 0.2) is 0 Å². The lowest BCUT2D eigenvalue weighted by Crippen LogP contribution is -2.58. The molecule has 7 heteroatoms. The van der Waals surface area contributed by atoms with Gasteiger partial charge in [-0.1, -0.05) is 0 Å². The number of carbonyl (C=O) groups is 3. The summed E-state index contributed by atoms with van der Waals surface area (Å²) < 4.78 is 0. The summed E-state index contributed by atoms with van der Waals surface area (Å²) in [6.45, 7) is 4.16. The summed E-state index contributed by atoms with van der Waals surface area (Å²) in [6, 6.07) is 0.126. The fourth-order valence-corrected chi connectivity index (χ4v) is 3.58. The van der Waals surface area contributed by atoms with E-state index in [2.05, 4.69) is 5.32 Å². The highest BCUT2D eigenvalue weighted by Crippen LogP contribution is 2.18. The third kappa shape index (κ3) is 3.24. The van der Waals surface area contributed by atoms with E-state index in [9.17, 15) is 14.4 Å². The van der Waals surface area contributed by atoms with Crippen LogP contribution in [0.3, 0.4) is 0 Å². The summed E-state index contributed by atoms with van der Waals surface area (Å²) >= 11 is 0. The van der Waals surface area contributed by atoms with Crippen molar-refractivity contribution in [2.45, 2.75) is 31.7 Å². The molecule has 0 aromatic heterocycles. The van der Waals surface area contributed by atoms with E-state index in [0.717, 1.165) is 38.9 Å². The minimum atomic E-state index is 0.0162. The largest absolute Gasteiger partial charge is 0.339 e. The summed E-state index contributed by atoms with van der Waals surface area (Å²) in [5, 5.41) is 3.07. The number of likely N-dealkylation sites (tertiary alicyclic amines) is 2. The molecule has 3 heterocycles. The average molecular weight is 308 g/mol. The van der Waals surface area contributed by atoms with Crippen molar-refractivity contribution < 1.29 is 14.4 Å². The van der Waals surface area contributed by atoms with Gasteiger partial charge < -0.3 is 20.0 Å². The van der Waals surface area contributed by atoms with Crippen LogP contribution < -0.4 is 5.32 Å². The molecule has 0 unspecified atom stereocenters. The minimum Gasteiger partial charge on any atom is -0.339 e. The van der Waals surface area contributed by atoms with Gasteiger partial charge >= 0.3 is 0 Å². The maximum Gasteiger partial charge on any atom is 0.242 e. The van der Waals surface area contributed by atoms with E-state index in [4.69, 9.17) is 0 Å². The molecule has 0 radical (unpaired) electrons. The topological polar surface area (TPSA) is 73.0 Å². The van der Waals surface area contributed by atoms with Gasteiger partial charge in [0, 0.05) is 45.2 Å². The molecule has 0 aromatic rings. The van der Waals surface area contributed by atoms with Gasteiger partial charge in [0.25, 0.3) is 0 Å². The van der Waals surface area contributed by atoms with Crippen LogP contribution in [-0.2, 0) is 14.4 Å². The molecule has 0 spiro atoms. The second kappa shape index (κ2) is 6.64. The Labute approximate surface area is 130 Å². The van der Waals surface area contributed by atoms with Crippen LogP contribution in [0.25, 0.3) is 0 Å². The van der Waals surface area contributed by atoms with E-state index >= 15 is 0 Å². The Morgan fingerprint density at radius 2 is 2.00 bits per heavy atom. The smallest absolute Gasteiger partial charge is 0.242 e. The van der Waals surface area contributed by atoms with E-state index in [1.54, 1.807) is 4.90 Å². The molecule has 0 aliphatic carbocycles. The molecule has 3 aliphatic rings. The van der Waals surface area contributed by atoms with Crippen molar-refractivity contribution in [3.8, 4) is 0 Å². The SMILES string of the molecule is O=C1CCCN1CC(=O)N1CCC[C@@H](N2CCNCC2=O)C1. The Bertz CT molecular complexity index is 468. The lowest BCUT2D eigenvalue weighted by molar-refractivity contribution is -0.142. The molecule has 3 aliphatic heterocycles. The summed E-state index contributed by atoms with van der Waals surface area (Å²) in [4.78, 5) is 41.5.